The van der Waals surface area contributed by atoms with Crippen LogP contribution in [-0.4, -0.2) is 34.3 Å². The van der Waals surface area contributed by atoms with Gasteiger partial charge in [-0.2, -0.15) is 0 Å². The molecule has 1 aromatic heterocycles. The number of carbonyl (C=O) groups is 1. The van der Waals surface area contributed by atoms with Crippen molar-refractivity contribution in [3.63, 3.8) is 0 Å². The Labute approximate surface area is 135 Å². The maximum atomic E-state index is 11.6. The number of hydrogen-bond acceptors (Lipinski definition) is 3. The number of fused-ring (bicyclic) bond motifs is 1. The molecular formula is C17H22N4O2. The zero-order chi connectivity index (χ0) is 16.2. The Morgan fingerprint density at radius 2 is 2.17 bits per heavy atom. The Bertz CT molecular complexity index is 666. The van der Waals surface area contributed by atoms with E-state index < -0.39 is 0 Å². The monoisotopic (exact) mass is 314 g/mol. The minimum Gasteiger partial charge on any atom is -0.367 e. The summed E-state index contributed by atoms with van der Waals surface area (Å²) in [4.78, 5) is 16.3. The van der Waals surface area contributed by atoms with E-state index in [0.717, 1.165) is 17.1 Å². The van der Waals surface area contributed by atoms with Gasteiger partial charge in [0.2, 0.25) is 0 Å². The van der Waals surface area contributed by atoms with Crippen molar-refractivity contribution in [3.8, 4) is 11.3 Å². The number of nitrogens with zero attached hydrogens (tertiary/aromatic N) is 2. The molecule has 0 spiro atoms. The second-order valence-electron chi connectivity index (χ2n) is 6.00. The van der Waals surface area contributed by atoms with Gasteiger partial charge in [0.15, 0.2) is 0 Å². The van der Waals surface area contributed by atoms with Gasteiger partial charge in [0.25, 0.3) is 0 Å². The SMILES string of the molecule is CC(C)NC(=O)NC[C@H]1Cn2cc(-c3ccccc3)nc2CO1. The molecule has 1 atom stereocenters. The molecule has 6 nitrogen and oxygen atoms in total. The first-order valence-electron chi connectivity index (χ1n) is 7.89. The van der Waals surface area contributed by atoms with Crippen LogP contribution in [0.15, 0.2) is 36.5 Å². The third-order valence-corrected chi connectivity index (χ3v) is 3.69. The lowest BCUT2D eigenvalue weighted by Gasteiger charge is -2.24. The number of aromatic nitrogens is 2. The number of amides is 2. The molecule has 3 rings (SSSR count). The van der Waals surface area contributed by atoms with Gasteiger partial charge in [-0.1, -0.05) is 30.3 Å². The number of rotatable bonds is 4. The van der Waals surface area contributed by atoms with E-state index in [1.807, 2.05) is 50.4 Å². The van der Waals surface area contributed by atoms with Crippen molar-refractivity contribution >= 4 is 6.03 Å². The maximum Gasteiger partial charge on any atom is 0.315 e. The topological polar surface area (TPSA) is 68.2 Å². The zero-order valence-electron chi connectivity index (χ0n) is 13.5. The number of imidazole rings is 1. The Kier molecular flexibility index (Phi) is 4.62. The second kappa shape index (κ2) is 6.83. The highest BCUT2D eigenvalue weighted by molar-refractivity contribution is 5.74. The predicted octanol–water partition coefficient (Wildman–Crippen LogP) is 2.16. The lowest BCUT2D eigenvalue weighted by atomic mass is 10.2. The standard InChI is InChI=1S/C17H22N4O2/c1-12(2)19-17(22)18-8-14-9-21-10-15(20-16(21)11-23-14)13-6-4-3-5-7-13/h3-7,10,12,14H,8-9,11H2,1-2H3,(H2,18,19,22)/t14-/m0/s1. The average Bonchev–Trinajstić information content (AvgIpc) is 2.96. The third kappa shape index (κ3) is 3.90. The smallest absolute Gasteiger partial charge is 0.315 e. The van der Waals surface area contributed by atoms with Crippen LogP contribution in [0.2, 0.25) is 0 Å². The molecule has 0 fully saturated rings. The van der Waals surface area contributed by atoms with Crippen LogP contribution in [0.25, 0.3) is 11.3 Å². The van der Waals surface area contributed by atoms with E-state index in [1.165, 1.54) is 0 Å². The largest absolute Gasteiger partial charge is 0.367 e. The fourth-order valence-corrected chi connectivity index (χ4v) is 2.58. The van der Waals surface area contributed by atoms with Crippen LogP contribution < -0.4 is 10.6 Å². The molecule has 1 aliphatic heterocycles. The van der Waals surface area contributed by atoms with E-state index >= 15 is 0 Å². The van der Waals surface area contributed by atoms with Crippen molar-refractivity contribution in [2.45, 2.75) is 39.1 Å². The van der Waals surface area contributed by atoms with Crippen LogP contribution in [0.4, 0.5) is 4.79 Å². The first-order chi connectivity index (χ1) is 11.1. The first kappa shape index (κ1) is 15.6. The number of carbonyl (C=O) groups excluding carboxylic acids is 1. The molecule has 0 bridgehead atoms. The quantitative estimate of drug-likeness (QED) is 0.908. The van der Waals surface area contributed by atoms with Gasteiger partial charge in [-0.3, -0.25) is 0 Å². The lowest BCUT2D eigenvalue weighted by Crippen LogP contribution is -2.44. The number of hydrogen-bond donors (Lipinski definition) is 2. The molecule has 0 saturated carbocycles. The first-order valence-corrected chi connectivity index (χ1v) is 7.89. The molecule has 1 aliphatic rings. The van der Waals surface area contributed by atoms with E-state index in [0.29, 0.717) is 19.7 Å². The van der Waals surface area contributed by atoms with Gasteiger partial charge in [0, 0.05) is 24.3 Å². The Hall–Kier alpha value is -2.34. The molecule has 23 heavy (non-hydrogen) atoms. The molecule has 2 N–H and O–H groups in total. The molecule has 0 saturated heterocycles. The van der Waals surface area contributed by atoms with Crippen molar-refractivity contribution < 1.29 is 9.53 Å². The molecule has 1 aromatic carbocycles. The highest BCUT2D eigenvalue weighted by atomic mass is 16.5. The van der Waals surface area contributed by atoms with E-state index in [9.17, 15) is 4.79 Å². The highest BCUT2D eigenvalue weighted by Crippen LogP contribution is 2.21. The predicted molar refractivity (Wildman–Crippen MR) is 87.9 cm³/mol. The fraction of sp³-hybridized carbons (Fsp3) is 0.412. The maximum absolute atomic E-state index is 11.6. The molecule has 2 amide bonds. The van der Waals surface area contributed by atoms with Crippen molar-refractivity contribution in [1.82, 2.24) is 20.2 Å². The van der Waals surface area contributed by atoms with Gasteiger partial charge in [0.1, 0.15) is 12.4 Å². The fourth-order valence-electron chi connectivity index (χ4n) is 2.58. The summed E-state index contributed by atoms with van der Waals surface area (Å²) < 4.78 is 7.89. The molecule has 6 heteroatoms. The third-order valence-electron chi connectivity index (χ3n) is 3.69. The summed E-state index contributed by atoms with van der Waals surface area (Å²) in [5, 5.41) is 5.65. The minimum atomic E-state index is -0.162. The van der Waals surface area contributed by atoms with Gasteiger partial charge in [-0.25, -0.2) is 9.78 Å². The van der Waals surface area contributed by atoms with E-state index in [-0.39, 0.29) is 18.2 Å². The summed E-state index contributed by atoms with van der Waals surface area (Å²) in [5.41, 5.74) is 2.05. The Morgan fingerprint density at radius 3 is 2.91 bits per heavy atom. The van der Waals surface area contributed by atoms with Crippen molar-refractivity contribution in [2.75, 3.05) is 6.54 Å². The van der Waals surface area contributed by atoms with E-state index in [2.05, 4.69) is 20.2 Å². The molecular weight excluding hydrogens is 292 g/mol. The zero-order valence-corrected chi connectivity index (χ0v) is 13.5. The second-order valence-corrected chi connectivity index (χ2v) is 6.00. The Morgan fingerprint density at radius 1 is 1.39 bits per heavy atom. The van der Waals surface area contributed by atoms with Crippen LogP contribution >= 0.6 is 0 Å². The number of benzene rings is 1. The molecule has 122 valence electrons. The number of nitrogens with one attached hydrogen (secondary N) is 2. The van der Waals surface area contributed by atoms with Crippen LogP contribution in [0, 0.1) is 0 Å². The van der Waals surface area contributed by atoms with E-state index in [1.54, 1.807) is 0 Å². The molecule has 0 radical (unpaired) electrons. The molecule has 2 aromatic rings. The summed E-state index contributed by atoms with van der Waals surface area (Å²) in [6.07, 6.45) is 2.01. The average molecular weight is 314 g/mol. The van der Waals surface area contributed by atoms with Crippen molar-refractivity contribution in [2.24, 2.45) is 0 Å². The van der Waals surface area contributed by atoms with Crippen LogP contribution in [0.5, 0.6) is 0 Å². The molecule has 0 unspecified atom stereocenters. The number of urea groups is 1. The van der Waals surface area contributed by atoms with Crippen LogP contribution in [0.3, 0.4) is 0 Å². The van der Waals surface area contributed by atoms with E-state index in [4.69, 9.17) is 4.74 Å². The van der Waals surface area contributed by atoms with Gasteiger partial charge >= 0.3 is 6.03 Å². The van der Waals surface area contributed by atoms with Gasteiger partial charge in [-0.15, -0.1) is 0 Å². The van der Waals surface area contributed by atoms with Crippen molar-refractivity contribution in [1.29, 1.82) is 0 Å². The van der Waals surface area contributed by atoms with Crippen molar-refractivity contribution in [3.05, 3.63) is 42.4 Å². The highest BCUT2D eigenvalue weighted by Gasteiger charge is 2.21. The molecule has 0 aliphatic carbocycles. The normalized spacial score (nSPS) is 16.9. The summed E-state index contributed by atoms with van der Waals surface area (Å²) in [7, 11) is 0. The van der Waals surface area contributed by atoms with Crippen LogP contribution in [0.1, 0.15) is 19.7 Å². The van der Waals surface area contributed by atoms with Gasteiger partial charge < -0.3 is 19.9 Å². The summed E-state index contributed by atoms with van der Waals surface area (Å²) in [6.45, 7) is 5.50. The number of ether oxygens (including phenoxy) is 1. The van der Waals surface area contributed by atoms with Gasteiger partial charge in [0.05, 0.1) is 18.3 Å². The summed E-state index contributed by atoms with van der Waals surface area (Å²) in [6, 6.07) is 10.1. The summed E-state index contributed by atoms with van der Waals surface area (Å²) >= 11 is 0. The van der Waals surface area contributed by atoms with Gasteiger partial charge in [-0.05, 0) is 13.8 Å². The lowest BCUT2D eigenvalue weighted by molar-refractivity contribution is 0.00442. The minimum absolute atomic E-state index is 0.0433. The summed E-state index contributed by atoms with van der Waals surface area (Å²) in [5.74, 6) is 0.923. The Balaban J connectivity index is 1.60. The van der Waals surface area contributed by atoms with Crippen LogP contribution in [-0.2, 0) is 17.9 Å². The molecule has 2 heterocycles.